The number of rotatable bonds is 2. The average molecular weight is 207 g/mol. The lowest BCUT2D eigenvalue weighted by molar-refractivity contribution is 0.420. The standard InChI is InChI=1S/C6H5ClNO3S/c7-5-1-3-6(4-2-5)8-12(9,10)11/h1-4,8H. The molecule has 1 aromatic rings. The van der Waals surface area contributed by atoms with E-state index in [0.717, 1.165) is 0 Å². The van der Waals surface area contributed by atoms with Gasteiger partial charge >= 0.3 is 10.3 Å². The molecule has 0 spiro atoms. The van der Waals surface area contributed by atoms with Gasteiger partial charge in [0, 0.05) is 5.02 Å². The first-order valence-electron chi connectivity index (χ1n) is 2.96. The monoisotopic (exact) mass is 206 g/mol. The highest BCUT2D eigenvalue weighted by molar-refractivity contribution is 7.86. The summed E-state index contributed by atoms with van der Waals surface area (Å²) in [5.74, 6) is 0. The van der Waals surface area contributed by atoms with Crippen molar-refractivity contribution < 1.29 is 13.0 Å². The Morgan fingerprint density at radius 2 is 1.67 bits per heavy atom. The highest BCUT2D eigenvalue weighted by Crippen LogP contribution is 2.13. The van der Waals surface area contributed by atoms with Crippen molar-refractivity contribution in [2.24, 2.45) is 0 Å². The fourth-order valence-corrected chi connectivity index (χ4v) is 1.21. The van der Waals surface area contributed by atoms with Crippen LogP contribution >= 0.6 is 11.6 Å². The fourth-order valence-electron chi connectivity index (χ4n) is 0.662. The van der Waals surface area contributed by atoms with Crippen molar-refractivity contribution >= 4 is 27.6 Å². The van der Waals surface area contributed by atoms with Crippen LogP contribution in [-0.4, -0.2) is 8.42 Å². The van der Waals surface area contributed by atoms with Crippen LogP contribution in [0.1, 0.15) is 0 Å². The fraction of sp³-hybridized carbons (Fsp3) is 0. The summed E-state index contributed by atoms with van der Waals surface area (Å²) >= 11 is 5.53. The SMILES string of the molecule is [O]S(=O)(=O)Nc1ccc(Cl)cc1. The second-order valence-electron chi connectivity index (χ2n) is 2.06. The van der Waals surface area contributed by atoms with Crippen molar-refractivity contribution in [2.45, 2.75) is 0 Å². The topological polar surface area (TPSA) is 66.1 Å². The van der Waals surface area contributed by atoms with Crippen LogP contribution in [0.25, 0.3) is 0 Å². The summed E-state index contributed by atoms with van der Waals surface area (Å²) in [6.45, 7) is 0. The van der Waals surface area contributed by atoms with Gasteiger partial charge in [-0.3, -0.25) is 4.72 Å². The van der Waals surface area contributed by atoms with Crippen molar-refractivity contribution in [2.75, 3.05) is 4.72 Å². The van der Waals surface area contributed by atoms with E-state index >= 15 is 0 Å². The summed E-state index contributed by atoms with van der Waals surface area (Å²) < 4.78 is 32.3. The van der Waals surface area contributed by atoms with Gasteiger partial charge in [-0.2, -0.15) is 8.42 Å². The smallest absolute Gasteiger partial charge is 0.259 e. The predicted molar refractivity (Wildman–Crippen MR) is 44.7 cm³/mol. The third-order valence-electron chi connectivity index (χ3n) is 1.09. The molecule has 0 bridgehead atoms. The molecule has 65 valence electrons. The van der Waals surface area contributed by atoms with E-state index in [9.17, 15) is 13.0 Å². The lowest BCUT2D eigenvalue weighted by Gasteiger charge is -1.99. The first-order valence-corrected chi connectivity index (χ1v) is 4.75. The molecule has 0 saturated carbocycles. The van der Waals surface area contributed by atoms with Gasteiger partial charge < -0.3 is 0 Å². The van der Waals surface area contributed by atoms with Gasteiger partial charge in [-0.05, 0) is 24.3 Å². The van der Waals surface area contributed by atoms with Crippen LogP contribution in [0.4, 0.5) is 5.69 Å². The third kappa shape index (κ3) is 3.08. The maximum Gasteiger partial charge on any atom is 0.387 e. The highest BCUT2D eigenvalue weighted by atomic mass is 35.5. The summed E-state index contributed by atoms with van der Waals surface area (Å²) in [5, 5.41) is 0.476. The van der Waals surface area contributed by atoms with E-state index in [1.807, 2.05) is 0 Å². The zero-order valence-electron chi connectivity index (χ0n) is 5.82. The summed E-state index contributed by atoms with van der Waals surface area (Å²) in [6, 6.07) is 5.76. The molecule has 0 unspecified atom stereocenters. The molecule has 1 N–H and O–H groups in total. The quantitative estimate of drug-likeness (QED) is 0.796. The van der Waals surface area contributed by atoms with E-state index in [0.29, 0.717) is 5.02 Å². The first-order chi connectivity index (χ1) is 5.47. The molecule has 4 nitrogen and oxygen atoms in total. The van der Waals surface area contributed by atoms with Gasteiger partial charge in [0.15, 0.2) is 0 Å². The highest BCUT2D eigenvalue weighted by Gasteiger charge is 2.04. The van der Waals surface area contributed by atoms with E-state index in [2.05, 4.69) is 0 Å². The van der Waals surface area contributed by atoms with Crippen LogP contribution in [-0.2, 0) is 14.9 Å². The van der Waals surface area contributed by atoms with Crippen LogP contribution in [0.2, 0.25) is 5.02 Å². The number of halogens is 1. The predicted octanol–water partition coefficient (Wildman–Crippen LogP) is 1.43. The van der Waals surface area contributed by atoms with Gasteiger partial charge in [0.1, 0.15) is 0 Å². The Bertz CT molecular complexity index is 359. The minimum Gasteiger partial charge on any atom is -0.259 e. The van der Waals surface area contributed by atoms with Crippen molar-refractivity contribution in [1.29, 1.82) is 0 Å². The molecule has 0 aliphatic rings. The molecule has 1 aromatic carbocycles. The maximum atomic E-state index is 10.2. The number of nitrogens with one attached hydrogen (secondary N) is 1. The Morgan fingerprint density at radius 1 is 1.17 bits per heavy atom. The maximum absolute atomic E-state index is 10.2. The molecule has 0 aliphatic heterocycles. The Hall–Kier alpha value is -0.780. The van der Waals surface area contributed by atoms with E-state index < -0.39 is 10.3 Å². The van der Waals surface area contributed by atoms with Gasteiger partial charge in [0.05, 0.1) is 5.69 Å². The molecule has 0 fully saturated rings. The molecule has 0 amide bonds. The summed E-state index contributed by atoms with van der Waals surface area (Å²) in [5.41, 5.74) is 0.203. The summed E-state index contributed by atoms with van der Waals surface area (Å²) in [6.07, 6.45) is 0. The summed E-state index contributed by atoms with van der Waals surface area (Å²) in [4.78, 5) is 0. The van der Waals surface area contributed by atoms with E-state index in [4.69, 9.17) is 11.6 Å². The molecule has 6 heteroatoms. The van der Waals surface area contributed by atoms with Gasteiger partial charge in [0.25, 0.3) is 0 Å². The molecule has 1 radical (unpaired) electrons. The number of hydrogen-bond donors (Lipinski definition) is 1. The minimum absolute atomic E-state index is 0.203. The van der Waals surface area contributed by atoms with Gasteiger partial charge in [0.2, 0.25) is 0 Å². The van der Waals surface area contributed by atoms with Crippen molar-refractivity contribution in [3.63, 3.8) is 0 Å². The van der Waals surface area contributed by atoms with Crippen LogP contribution in [0.5, 0.6) is 0 Å². The Kier molecular flexibility index (Phi) is 2.56. The molecule has 12 heavy (non-hydrogen) atoms. The zero-order chi connectivity index (χ0) is 9.19. The number of benzene rings is 1. The molecule has 0 saturated heterocycles. The second kappa shape index (κ2) is 3.30. The van der Waals surface area contributed by atoms with Crippen LogP contribution in [0.3, 0.4) is 0 Å². The van der Waals surface area contributed by atoms with Gasteiger partial charge in [-0.25, -0.2) is 0 Å². The Labute approximate surface area is 75.0 Å². The van der Waals surface area contributed by atoms with E-state index in [1.54, 1.807) is 4.72 Å². The van der Waals surface area contributed by atoms with Gasteiger partial charge in [-0.1, -0.05) is 16.2 Å². The largest absolute Gasteiger partial charge is 0.387 e. The molecule has 0 aliphatic carbocycles. The van der Waals surface area contributed by atoms with E-state index in [-0.39, 0.29) is 5.69 Å². The lowest BCUT2D eigenvalue weighted by atomic mass is 10.3. The molecule has 0 heterocycles. The number of anilines is 1. The zero-order valence-corrected chi connectivity index (χ0v) is 7.39. The van der Waals surface area contributed by atoms with Crippen LogP contribution in [0, 0.1) is 0 Å². The Balaban J connectivity index is 2.85. The molecular formula is C6H5ClNO3S. The molecule has 1 rings (SSSR count). The van der Waals surface area contributed by atoms with Gasteiger partial charge in [-0.15, -0.1) is 0 Å². The average Bonchev–Trinajstić information content (AvgIpc) is 1.91. The summed E-state index contributed by atoms with van der Waals surface area (Å²) in [7, 11) is -4.43. The minimum atomic E-state index is -4.43. The molecule has 0 atom stereocenters. The molecule has 0 aromatic heterocycles. The molecular weight excluding hydrogens is 202 g/mol. The lowest BCUT2D eigenvalue weighted by Crippen LogP contribution is -2.08. The first kappa shape index (κ1) is 9.31. The Morgan fingerprint density at radius 3 is 2.08 bits per heavy atom. The third-order valence-corrected chi connectivity index (χ3v) is 1.82. The van der Waals surface area contributed by atoms with Crippen LogP contribution < -0.4 is 4.72 Å². The number of hydrogen-bond acceptors (Lipinski definition) is 2. The van der Waals surface area contributed by atoms with E-state index in [1.165, 1.54) is 24.3 Å². The second-order valence-corrected chi connectivity index (χ2v) is 3.61. The van der Waals surface area contributed by atoms with Crippen LogP contribution in [0.15, 0.2) is 24.3 Å². The normalized spacial score (nSPS) is 11.2. The van der Waals surface area contributed by atoms with Crippen molar-refractivity contribution in [1.82, 2.24) is 0 Å². The van der Waals surface area contributed by atoms with Crippen molar-refractivity contribution in [3.8, 4) is 0 Å². The van der Waals surface area contributed by atoms with Crippen molar-refractivity contribution in [3.05, 3.63) is 29.3 Å².